The summed E-state index contributed by atoms with van der Waals surface area (Å²) < 4.78 is 12.1. The molecule has 0 aliphatic carbocycles. The highest BCUT2D eigenvalue weighted by atomic mass is 28.4. The Morgan fingerprint density at radius 1 is 0.905 bits per heavy atom. The molecule has 0 saturated carbocycles. The molecule has 0 aromatic heterocycles. The molecule has 3 heteroatoms. The van der Waals surface area contributed by atoms with Crippen LogP contribution >= 0.6 is 0 Å². The molecule has 0 spiro atoms. The lowest BCUT2D eigenvalue weighted by Gasteiger charge is -2.24. The molecule has 0 heterocycles. The zero-order valence-electron chi connectivity index (χ0n) is 14.3. The van der Waals surface area contributed by atoms with Crippen LogP contribution in [0.25, 0.3) is 0 Å². The summed E-state index contributed by atoms with van der Waals surface area (Å²) in [6.07, 6.45) is 9.21. The second-order valence-electron chi connectivity index (χ2n) is 6.24. The minimum atomic E-state index is -2.06. The van der Waals surface area contributed by atoms with Crippen LogP contribution in [0.2, 0.25) is 13.1 Å². The summed E-state index contributed by atoms with van der Waals surface area (Å²) in [5.74, 6) is 0.966. The predicted molar refractivity (Wildman–Crippen MR) is 93.2 cm³/mol. The van der Waals surface area contributed by atoms with Gasteiger partial charge in [-0.1, -0.05) is 63.6 Å². The van der Waals surface area contributed by atoms with E-state index in [9.17, 15) is 0 Å². The topological polar surface area (TPSA) is 18.5 Å². The number of hydrogen-bond donors (Lipinski definition) is 0. The molecule has 1 aromatic carbocycles. The first-order chi connectivity index (χ1) is 10.0. The molecule has 0 saturated heterocycles. The molecule has 0 radical (unpaired) electrons. The molecular weight excluding hydrogens is 276 g/mol. The van der Waals surface area contributed by atoms with E-state index in [1.165, 1.54) is 44.1 Å². The third kappa shape index (κ3) is 8.27. The van der Waals surface area contributed by atoms with E-state index < -0.39 is 8.56 Å². The molecule has 0 aliphatic heterocycles. The first kappa shape index (κ1) is 18.2. The summed E-state index contributed by atoms with van der Waals surface area (Å²) >= 11 is 0. The normalized spacial score (nSPS) is 11.6. The monoisotopic (exact) mass is 308 g/mol. The smallest absolute Gasteiger partial charge is 0.392 e. The van der Waals surface area contributed by atoms with Gasteiger partial charge in [-0.05, 0) is 38.1 Å². The summed E-state index contributed by atoms with van der Waals surface area (Å²) in [7, 11) is -2.06. The molecular formula is C18H32O2Si. The largest absolute Gasteiger partial charge is 0.520 e. The van der Waals surface area contributed by atoms with Crippen molar-refractivity contribution >= 4 is 8.56 Å². The molecule has 0 aliphatic rings. The van der Waals surface area contributed by atoms with Crippen molar-refractivity contribution in [2.24, 2.45) is 0 Å². The van der Waals surface area contributed by atoms with Crippen LogP contribution in [0.15, 0.2) is 24.3 Å². The lowest BCUT2D eigenvalue weighted by atomic mass is 10.1. The van der Waals surface area contributed by atoms with Gasteiger partial charge in [0.1, 0.15) is 5.75 Å². The molecule has 0 amide bonds. The minimum absolute atomic E-state index is 0.832. The standard InChI is InChI=1S/C18H32O2Si/c1-5-6-7-8-9-10-13-16-19-21(3,4)20-18-15-12-11-14-17(18)2/h11-12,14-15H,5-10,13,16H2,1-4H3. The van der Waals surface area contributed by atoms with Crippen molar-refractivity contribution in [3.05, 3.63) is 29.8 Å². The lowest BCUT2D eigenvalue weighted by Crippen LogP contribution is -2.38. The fourth-order valence-electron chi connectivity index (χ4n) is 2.34. The summed E-state index contributed by atoms with van der Waals surface area (Å²) in [6.45, 7) is 9.42. The first-order valence-electron chi connectivity index (χ1n) is 8.44. The Balaban J connectivity index is 2.17. The molecule has 0 atom stereocenters. The van der Waals surface area contributed by atoms with Gasteiger partial charge in [0.05, 0.1) is 0 Å². The molecule has 120 valence electrons. The third-order valence-corrected chi connectivity index (χ3v) is 5.26. The van der Waals surface area contributed by atoms with E-state index in [2.05, 4.69) is 33.0 Å². The Labute approximate surface area is 132 Å². The zero-order chi connectivity index (χ0) is 15.6. The van der Waals surface area contributed by atoms with Crippen LogP contribution in [0, 0.1) is 6.92 Å². The second-order valence-corrected chi connectivity index (χ2v) is 9.53. The van der Waals surface area contributed by atoms with Crippen LogP contribution in [-0.4, -0.2) is 15.2 Å². The SMILES string of the molecule is CCCCCCCCCO[Si](C)(C)Oc1ccccc1C. The predicted octanol–water partition coefficient (Wildman–Crippen LogP) is 5.84. The quantitative estimate of drug-likeness (QED) is 0.377. The third-order valence-electron chi connectivity index (χ3n) is 3.65. The molecule has 21 heavy (non-hydrogen) atoms. The average Bonchev–Trinajstić information content (AvgIpc) is 2.44. The Hall–Kier alpha value is -0.803. The van der Waals surface area contributed by atoms with Crippen molar-refractivity contribution in [1.82, 2.24) is 0 Å². The van der Waals surface area contributed by atoms with Gasteiger partial charge >= 0.3 is 8.56 Å². The Bertz CT molecular complexity index is 391. The average molecular weight is 309 g/mol. The second kappa shape index (κ2) is 10.0. The van der Waals surface area contributed by atoms with E-state index in [4.69, 9.17) is 8.85 Å². The summed E-state index contributed by atoms with van der Waals surface area (Å²) in [6, 6.07) is 8.16. The number of benzene rings is 1. The highest BCUT2D eigenvalue weighted by molar-refractivity contribution is 6.65. The first-order valence-corrected chi connectivity index (χ1v) is 11.3. The molecule has 0 fully saturated rings. The highest BCUT2D eigenvalue weighted by Gasteiger charge is 2.26. The summed E-state index contributed by atoms with van der Waals surface area (Å²) in [4.78, 5) is 0. The van der Waals surface area contributed by atoms with E-state index in [0.29, 0.717) is 0 Å². The van der Waals surface area contributed by atoms with Crippen LogP contribution in [0.4, 0.5) is 0 Å². The number of rotatable bonds is 11. The fraction of sp³-hybridized carbons (Fsp3) is 0.667. The van der Waals surface area contributed by atoms with Crippen LogP contribution in [-0.2, 0) is 4.43 Å². The van der Waals surface area contributed by atoms with Gasteiger partial charge < -0.3 is 8.85 Å². The molecule has 1 aromatic rings. The van der Waals surface area contributed by atoms with Crippen molar-refractivity contribution in [3.63, 3.8) is 0 Å². The van der Waals surface area contributed by atoms with E-state index in [1.807, 2.05) is 18.2 Å². The number of para-hydroxylation sites is 1. The van der Waals surface area contributed by atoms with Crippen LogP contribution < -0.4 is 4.43 Å². The van der Waals surface area contributed by atoms with Crippen LogP contribution in [0.3, 0.4) is 0 Å². The Morgan fingerprint density at radius 2 is 1.52 bits per heavy atom. The number of aryl methyl sites for hydroxylation is 1. The molecule has 0 bridgehead atoms. The van der Waals surface area contributed by atoms with Gasteiger partial charge in [-0.15, -0.1) is 0 Å². The van der Waals surface area contributed by atoms with Gasteiger partial charge in [-0.2, -0.15) is 0 Å². The zero-order valence-corrected chi connectivity index (χ0v) is 15.3. The Kier molecular flexibility index (Phi) is 8.70. The van der Waals surface area contributed by atoms with Crippen molar-refractivity contribution in [3.8, 4) is 5.75 Å². The maximum absolute atomic E-state index is 6.11. The molecule has 2 nitrogen and oxygen atoms in total. The van der Waals surface area contributed by atoms with E-state index in [0.717, 1.165) is 18.8 Å². The lowest BCUT2D eigenvalue weighted by molar-refractivity contribution is 0.240. The van der Waals surface area contributed by atoms with Gasteiger partial charge in [0.25, 0.3) is 0 Å². The van der Waals surface area contributed by atoms with Crippen molar-refractivity contribution in [2.45, 2.75) is 71.9 Å². The minimum Gasteiger partial charge on any atom is -0.520 e. The maximum Gasteiger partial charge on any atom is 0.392 e. The van der Waals surface area contributed by atoms with Crippen molar-refractivity contribution in [1.29, 1.82) is 0 Å². The maximum atomic E-state index is 6.11. The van der Waals surface area contributed by atoms with Gasteiger partial charge in [-0.25, -0.2) is 0 Å². The molecule has 0 unspecified atom stereocenters. The molecule has 0 N–H and O–H groups in total. The number of unbranched alkanes of at least 4 members (excludes halogenated alkanes) is 6. The van der Waals surface area contributed by atoms with Crippen LogP contribution in [0.5, 0.6) is 5.75 Å². The van der Waals surface area contributed by atoms with Crippen molar-refractivity contribution in [2.75, 3.05) is 6.61 Å². The Morgan fingerprint density at radius 3 is 2.19 bits per heavy atom. The fourth-order valence-corrected chi connectivity index (χ4v) is 3.80. The molecule has 1 rings (SSSR count). The van der Waals surface area contributed by atoms with E-state index >= 15 is 0 Å². The van der Waals surface area contributed by atoms with Gasteiger partial charge in [0.15, 0.2) is 0 Å². The summed E-state index contributed by atoms with van der Waals surface area (Å²) in [5.41, 5.74) is 1.18. The van der Waals surface area contributed by atoms with E-state index in [-0.39, 0.29) is 0 Å². The summed E-state index contributed by atoms with van der Waals surface area (Å²) in [5, 5.41) is 0. The van der Waals surface area contributed by atoms with E-state index in [1.54, 1.807) is 0 Å². The van der Waals surface area contributed by atoms with Crippen molar-refractivity contribution < 1.29 is 8.85 Å². The highest BCUT2D eigenvalue weighted by Crippen LogP contribution is 2.21. The van der Waals surface area contributed by atoms with Gasteiger partial charge in [0.2, 0.25) is 0 Å². The van der Waals surface area contributed by atoms with Crippen LogP contribution in [0.1, 0.15) is 57.4 Å². The number of hydrogen-bond acceptors (Lipinski definition) is 2. The van der Waals surface area contributed by atoms with Gasteiger partial charge in [0, 0.05) is 6.61 Å². The van der Waals surface area contributed by atoms with Gasteiger partial charge in [-0.3, -0.25) is 0 Å².